The van der Waals surface area contributed by atoms with Crippen molar-refractivity contribution in [2.24, 2.45) is 0 Å². The molecule has 1 aliphatic heterocycles. The van der Waals surface area contributed by atoms with Gasteiger partial charge in [-0.05, 0) is 51.9 Å². The van der Waals surface area contributed by atoms with Gasteiger partial charge in [0.25, 0.3) is 0 Å². The van der Waals surface area contributed by atoms with E-state index in [-0.39, 0.29) is 0 Å². The highest BCUT2D eigenvalue weighted by Gasteiger charge is 2.22. The van der Waals surface area contributed by atoms with Crippen molar-refractivity contribution >= 4 is 0 Å². The molecule has 1 saturated carbocycles. The Bertz CT molecular complexity index is 395. The molecule has 2 aliphatic rings. The third-order valence-corrected chi connectivity index (χ3v) is 3.99. The molecule has 0 radical (unpaired) electrons. The maximum Gasteiger partial charge on any atom is 0.142 e. The molecule has 0 atom stereocenters. The van der Waals surface area contributed by atoms with Gasteiger partial charge in [-0.3, -0.25) is 0 Å². The van der Waals surface area contributed by atoms with Gasteiger partial charge in [0.1, 0.15) is 5.82 Å². The van der Waals surface area contributed by atoms with Gasteiger partial charge in [-0.15, -0.1) is 0 Å². The molecule has 3 rings (SSSR count). The van der Waals surface area contributed by atoms with E-state index in [1.54, 1.807) is 0 Å². The summed E-state index contributed by atoms with van der Waals surface area (Å²) in [4.78, 5) is 11.5. The van der Waals surface area contributed by atoms with Crippen molar-refractivity contribution in [1.82, 2.24) is 20.2 Å². The van der Waals surface area contributed by atoms with E-state index in [4.69, 9.17) is 4.98 Å². The number of hydrogen-bond acceptors (Lipinski definition) is 4. The van der Waals surface area contributed by atoms with E-state index in [2.05, 4.69) is 28.3 Å². The molecule has 98 valence electrons. The van der Waals surface area contributed by atoms with E-state index in [0.717, 1.165) is 18.4 Å². The number of aromatic nitrogens is 2. The zero-order valence-corrected chi connectivity index (χ0v) is 11.1. The van der Waals surface area contributed by atoms with Gasteiger partial charge in [0.15, 0.2) is 0 Å². The molecule has 0 aromatic carbocycles. The van der Waals surface area contributed by atoms with Gasteiger partial charge >= 0.3 is 0 Å². The SMILES string of the molecule is CN1CCC(c2ccnc(CNC3CC3)n2)CC1. The third-order valence-electron chi connectivity index (χ3n) is 3.99. The average molecular weight is 246 g/mol. The Morgan fingerprint density at radius 1 is 1.28 bits per heavy atom. The fourth-order valence-electron chi connectivity index (χ4n) is 2.55. The smallest absolute Gasteiger partial charge is 0.142 e. The van der Waals surface area contributed by atoms with Crippen molar-refractivity contribution in [3.8, 4) is 0 Å². The van der Waals surface area contributed by atoms with Crippen LogP contribution in [0.2, 0.25) is 0 Å². The second-order valence-corrected chi connectivity index (χ2v) is 5.63. The lowest BCUT2D eigenvalue weighted by Gasteiger charge is -2.28. The molecule has 18 heavy (non-hydrogen) atoms. The van der Waals surface area contributed by atoms with Crippen LogP contribution in [0.25, 0.3) is 0 Å². The lowest BCUT2D eigenvalue weighted by Crippen LogP contribution is -2.29. The molecule has 0 spiro atoms. The molecule has 1 aliphatic carbocycles. The molecule has 1 N–H and O–H groups in total. The highest BCUT2D eigenvalue weighted by atomic mass is 15.1. The van der Waals surface area contributed by atoms with Gasteiger partial charge in [0, 0.05) is 23.9 Å². The van der Waals surface area contributed by atoms with Crippen molar-refractivity contribution in [3.63, 3.8) is 0 Å². The van der Waals surface area contributed by atoms with Crippen molar-refractivity contribution < 1.29 is 0 Å². The molecule has 1 saturated heterocycles. The van der Waals surface area contributed by atoms with Crippen LogP contribution in [0.5, 0.6) is 0 Å². The van der Waals surface area contributed by atoms with E-state index in [0.29, 0.717) is 5.92 Å². The number of likely N-dealkylation sites (tertiary alicyclic amines) is 1. The lowest BCUT2D eigenvalue weighted by molar-refractivity contribution is 0.253. The van der Waals surface area contributed by atoms with Gasteiger partial charge < -0.3 is 10.2 Å². The highest BCUT2D eigenvalue weighted by Crippen LogP contribution is 2.25. The van der Waals surface area contributed by atoms with Gasteiger partial charge in [-0.1, -0.05) is 0 Å². The van der Waals surface area contributed by atoms with Crippen LogP contribution >= 0.6 is 0 Å². The summed E-state index contributed by atoms with van der Waals surface area (Å²) in [6, 6.07) is 2.82. The fourth-order valence-corrected chi connectivity index (χ4v) is 2.55. The molecular formula is C14H22N4. The first-order valence-corrected chi connectivity index (χ1v) is 7.05. The zero-order chi connectivity index (χ0) is 12.4. The predicted molar refractivity (Wildman–Crippen MR) is 71.4 cm³/mol. The van der Waals surface area contributed by atoms with E-state index in [1.165, 1.54) is 44.5 Å². The minimum absolute atomic E-state index is 0.629. The molecule has 4 heteroatoms. The Hall–Kier alpha value is -1.00. The number of nitrogens with zero attached hydrogens (tertiary/aromatic N) is 3. The quantitative estimate of drug-likeness (QED) is 0.875. The molecule has 0 amide bonds. The maximum atomic E-state index is 4.73. The summed E-state index contributed by atoms with van der Waals surface area (Å²) in [5, 5.41) is 3.48. The molecule has 1 aromatic rings. The van der Waals surface area contributed by atoms with Crippen LogP contribution in [0.3, 0.4) is 0 Å². The maximum absolute atomic E-state index is 4.73. The van der Waals surface area contributed by atoms with Crippen LogP contribution < -0.4 is 5.32 Å². The predicted octanol–water partition coefficient (Wildman–Crippen LogP) is 1.54. The van der Waals surface area contributed by atoms with Gasteiger partial charge in [-0.2, -0.15) is 0 Å². The first-order chi connectivity index (χ1) is 8.81. The van der Waals surface area contributed by atoms with Crippen molar-refractivity contribution in [1.29, 1.82) is 0 Å². The second-order valence-electron chi connectivity index (χ2n) is 5.63. The van der Waals surface area contributed by atoms with Crippen molar-refractivity contribution in [2.45, 2.75) is 44.2 Å². The molecule has 2 fully saturated rings. The van der Waals surface area contributed by atoms with Crippen molar-refractivity contribution in [2.75, 3.05) is 20.1 Å². The van der Waals surface area contributed by atoms with Gasteiger partial charge in [-0.25, -0.2) is 9.97 Å². The number of piperidine rings is 1. The van der Waals surface area contributed by atoms with Crippen LogP contribution in [-0.4, -0.2) is 41.0 Å². The Kier molecular flexibility index (Phi) is 3.57. The van der Waals surface area contributed by atoms with Crippen LogP contribution in [0.4, 0.5) is 0 Å². The van der Waals surface area contributed by atoms with Gasteiger partial charge in [0.2, 0.25) is 0 Å². The molecule has 1 aromatic heterocycles. The Morgan fingerprint density at radius 3 is 2.78 bits per heavy atom. The van der Waals surface area contributed by atoms with Crippen molar-refractivity contribution in [3.05, 3.63) is 23.8 Å². The highest BCUT2D eigenvalue weighted by molar-refractivity contribution is 5.10. The first-order valence-electron chi connectivity index (χ1n) is 7.05. The standard InChI is InChI=1S/C14H22N4/c1-18-8-5-11(6-9-18)13-4-7-15-14(17-13)10-16-12-2-3-12/h4,7,11-12,16H,2-3,5-6,8-10H2,1H3. The van der Waals surface area contributed by atoms with Crippen LogP contribution in [0.15, 0.2) is 12.3 Å². The van der Waals surface area contributed by atoms with Crippen LogP contribution in [-0.2, 0) is 6.54 Å². The largest absolute Gasteiger partial charge is 0.307 e. The zero-order valence-electron chi connectivity index (χ0n) is 11.1. The number of hydrogen-bond donors (Lipinski definition) is 1. The summed E-state index contributed by atoms with van der Waals surface area (Å²) in [6.07, 6.45) is 7.00. The summed E-state index contributed by atoms with van der Waals surface area (Å²) in [5.74, 6) is 1.59. The van der Waals surface area contributed by atoms with Crippen LogP contribution in [0.1, 0.15) is 43.1 Å². The lowest BCUT2D eigenvalue weighted by atomic mass is 9.93. The monoisotopic (exact) mass is 246 g/mol. The Morgan fingerprint density at radius 2 is 2.06 bits per heavy atom. The summed E-state index contributed by atoms with van der Waals surface area (Å²) in [6.45, 7) is 3.19. The number of rotatable bonds is 4. The topological polar surface area (TPSA) is 41.1 Å². The molecule has 0 bridgehead atoms. The summed E-state index contributed by atoms with van der Waals surface area (Å²) < 4.78 is 0. The normalized spacial score (nSPS) is 22.3. The first kappa shape index (κ1) is 12.1. The van der Waals surface area contributed by atoms with E-state index >= 15 is 0 Å². The average Bonchev–Trinajstić information content (AvgIpc) is 3.22. The van der Waals surface area contributed by atoms with E-state index in [1.807, 2.05) is 6.20 Å². The Labute approximate surface area is 109 Å². The van der Waals surface area contributed by atoms with Gasteiger partial charge in [0.05, 0.1) is 6.54 Å². The third kappa shape index (κ3) is 3.06. The Balaban J connectivity index is 1.62. The fraction of sp³-hybridized carbons (Fsp3) is 0.714. The van der Waals surface area contributed by atoms with E-state index < -0.39 is 0 Å². The van der Waals surface area contributed by atoms with Crippen LogP contribution in [0, 0.1) is 0 Å². The molecule has 4 nitrogen and oxygen atoms in total. The minimum Gasteiger partial charge on any atom is -0.307 e. The minimum atomic E-state index is 0.629. The number of nitrogens with one attached hydrogen (secondary N) is 1. The molecule has 0 unspecified atom stereocenters. The van der Waals surface area contributed by atoms with E-state index in [9.17, 15) is 0 Å². The summed E-state index contributed by atoms with van der Waals surface area (Å²) in [5.41, 5.74) is 1.24. The molecular weight excluding hydrogens is 224 g/mol. The summed E-state index contributed by atoms with van der Waals surface area (Å²) >= 11 is 0. The summed E-state index contributed by atoms with van der Waals surface area (Å²) in [7, 11) is 2.20. The molecule has 2 heterocycles. The second kappa shape index (κ2) is 5.33.